The molecule has 3 aromatic rings. The predicted molar refractivity (Wildman–Crippen MR) is 85.2 cm³/mol. The van der Waals surface area contributed by atoms with E-state index in [1.807, 2.05) is 41.9 Å². The van der Waals surface area contributed by atoms with E-state index >= 15 is 0 Å². The van der Waals surface area contributed by atoms with Gasteiger partial charge in [-0.1, -0.05) is 6.07 Å². The Bertz CT molecular complexity index is 747. The van der Waals surface area contributed by atoms with Gasteiger partial charge in [0, 0.05) is 29.7 Å². The number of ether oxygens (including phenoxy) is 1. The number of rotatable bonds is 5. The molecular formula is C16H16N2O2S. The number of H-pyrrole nitrogens is 1. The molecule has 0 aliphatic heterocycles. The molecule has 1 aromatic carbocycles. The van der Waals surface area contributed by atoms with E-state index in [0.717, 1.165) is 22.6 Å². The van der Waals surface area contributed by atoms with Crippen LogP contribution in [0.1, 0.15) is 15.2 Å². The number of benzene rings is 1. The second kappa shape index (κ2) is 6.01. The summed E-state index contributed by atoms with van der Waals surface area (Å²) < 4.78 is 5.21. The summed E-state index contributed by atoms with van der Waals surface area (Å²) in [6.07, 6.45) is 2.78. The number of thiophene rings is 1. The third-order valence-electron chi connectivity index (χ3n) is 3.40. The number of nitrogens with one attached hydrogen (secondary N) is 2. The van der Waals surface area contributed by atoms with E-state index in [0.29, 0.717) is 6.54 Å². The van der Waals surface area contributed by atoms with Crippen LogP contribution in [0, 0.1) is 0 Å². The fourth-order valence-corrected chi connectivity index (χ4v) is 2.94. The molecule has 0 spiro atoms. The molecule has 0 atom stereocenters. The maximum absolute atomic E-state index is 11.9. The monoisotopic (exact) mass is 300 g/mol. The van der Waals surface area contributed by atoms with Gasteiger partial charge in [0.1, 0.15) is 5.75 Å². The number of carbonyl (C=O) groups excluding carboxylic acids is 1. The second-order valence-electron chi connectivity index (χ2n) is 4.71. The zero-order valence-corrected chi connectivity index (χ0v) is 12.5. The Balaban J connectivity index is 1.64. The molecule has 4 nitrogen and oxygen atoms in total. The van der Waals surface area contributed by atoms with Crippen LogP contribution < -0.4 is 10.1 Å². The molecule has 0 aliphatic carbocycles. The Kier molecular flexibility index (Phi) is 3.92. The van der Waals surface area contributed by atoms with E-state index in [9.17, 15) is 4.79 Å². The van der Waals surface area contributed by atoms with Crippen molar-refractivity contribution in [2.45, 2.75) is 6.42 Å². The average Bonchev–Trinajstić information content (AvgIpc) is 3.16. The molecule has 108 valence electrons. The molecule has 0 saturated heterocycles. The number of hydrogen-bond acceptors (Lipinski definition) is 3. The minimum Gasteiger partial charge on any atom is -0.497 e. The number of aromatic nitrogens is 1. The van der Waals surface area contributed by atoms with Gasteiger partial charge in [-0.25, -0.2) is 0 Å². The third kappa shape index (κ3) is 2.92. The number of fused-ring (bicyclic) bond motifs is 1. The molecule has 0 bridgehead atoms. The summed E-state index contributed by atoms with van der Waals surface area (Å²) >= 11 is 1.45. The normalized spacial score (nSPS) is 10.7. The highest BCUT2D eigenvalue weighted by Gasteiger charge is 2.07. The third-order valence-corrected chi connectivity index (χ3v) is 4.27. The Labute approximate surface area is 126 Å². The number of hydrogen-bond donors (Lipinski definition) is 2. The minimum atomic E-state index is -0.00786. The van der Waals surface area contributed by atoms with Crippen molar-refractivity contribution in [3.8, 4) is 5.75 Å². The number of methoxy groups -OCH3 is 1. The summed E-state index contributed by atoms with van der Waals surface area (Å²) in [7, 11) is 1.66. The first-order valence-corrected chi connectivity index (χ1v) is 7.61. The van der Waals surface area contributed by atoms with Crippen LogP contribution in [-0.2, 0) is 6.42 Å². The molecule has 3 rings (SSSR count). The van der Waals surface area contributed by atoms with E-state index in [2.05, 4.69) is 10.3 Å². The van der Waals surface area contributed by atoms with E-state index in [-0.39, 0.29) is 5.91 Å². The van der Waals surface area contributed by atoms with Crippen molar-refractivity contribution in [2.24, 2.45) is 0 Å². The molecule has 0 radical (unpaired) electrons. The van der Waals surface area contributed by atoms with Crippen molar-refractivity contribution in [1.82, 2.24) is 10.3 Å². The number of amides is 1. The highest BCUT2D eigenvalue weighted by Crippen LogP contribution is 2.23. The molecular weight excluding hydrogens is 284 g/mol. The average molecular weight is 300 g/mol. The van der Waals surface area contributed by atoms with Crippen molar-refractivity contribution >= 4 is 28.1 Å². The van der Waals surface area contributed by atoms with Crippen LogP contribution in [0.25, 0.3) is 10.9 Å². The molecule has 0 fully saturated rings. The Morgan fingerprint density at radius 2 is 2.29 bits per heavy atom. The zero-order valence-electron chi connectivity index (χ0n) is 11.7. The van der Waals surface area contributed by atoms with Crippen LogP contribution in [-0.4, -0.2) is 24.5 Å². The lowest BCUT2D eigenvalue weighted by Gasteiger charge is -2.03. The first-order valence-electron chi connectivity index (χ1n) is 6.73. The summed E-state index contributed by atoms with van der Waals surface area (Å²) in [5.41, 5.74) is 2.24. The van der Waals surface area contributed by atoms with E-state index in [1.54, 1.807) is 7.11 Å². The van der Waals surface area contributed by atoms with Crippen molar-refractivity contribution < 1.29 is 9.53 Å². The van der Waals surface area contributed by atoms with Gasteiger partial charge in [-0.15, -0.1) is 11.3 Å². The molecule has 2 aromatic heterocycles. The Hall–Kier alpha value is -2.27. The molecule has 0 saturated carbocycles. The SMILES string of the molecule is COc1ccc2c(CCNC(=O)c3cccs3)c[nH]c2c1. The van der Waals surface area contributed by atoms with Crippen LogP contribution in [0.15, 0.2) is 41.9 Å². The lowest BCUT2D eigenvalue weighted by molar-refractivity contribution is 0.0958. The maximum Gasteiger partial charge on any atom is 0.261 e. The Morgan fingerprint density at radius 1 is 1.38 bits per heavy atom. The van der Waals surface area contributed by atoms with Gasteiger partial charge in [-0.3, -0.25) is 4.79 Å². The lowest BCUT2D eigenvalue weighted by atomic mass is 10.1. The molecule has 1 amide bonds. The van der Waals surface area contributed by atoms with Gasteiger partial charge >= 0.3 is 0 Å². The summed E-state index contributed by atoms with van der Waals surface area (Å²) in [6, 6.07) is 9.68. The van der Waals surface area contributed by atoms with E-state index in [4.69, 9.17) is 4.74 Å². The van der Waals surface area contributed by atoms with Gasteiger partial charge in [0.05, 0.1) is 12.0 Å². The smallest absolute Gasteiger partial charge is 0.261 e. The van der Waals surface area contributed by atoms with Gasteiger partial charge < -0.3 is 15.0 Å². The topological polar surface area (TPSA) is 54.1 Å². The first kappa shape index (κ1) is 13.7. The molecule has 2 N–H and O–H groups in total. The van der Waals surface area contributed by atoms with Crippen molar-refractivity contribution in [3.05, 3.63) is 52.3 Å². The fraction of sp³-hybridized carbons (Fsp3) is 0.188. The maximum atomic E-state index is 11.9. The molecule has 0 aliphatic rings. The number of aromatic amines is 1. The predicted octanol–water partition coefficient (Wildman–Crippen LogP) is 3.21. The molecule has 21 heavy (non-hydrogen) atoms. The van der Waals surface area contributed by atoms with Crippen LogP contribution in [0.2, 0.25) is 0 Å². The summed E-state index contributed by atoms with van der Waals surface area (Å²) in [4.78, 5) is 15.8. The highest BCUT2D eigenvalue weighted by molar-refractivity contribution is 7.12. The van der Waals surface area contributed by atoms with Gasteiger partial charge in [-0.05, 0) is 35.6 Å². The van der Waals surface area contributed by atoms with Gasteiger partial charge in [0.2, 0.25) is 0 Å². The summed E-state index contributed by atoms with van der Waals surface area (Å²) in [5, 5.41) is 6.02. The van der Waals surface area contributed by atoms with Gasteiger partial charge in [0.15, 0.2) is 0 Å². The van der Waals surface area contributed by atoms with Crippen LogP contribution in [0.3, 0.4) is 0 Å². The minimum absolute atomic E-state index is 0.00786. The molecule has 5 heteroatoms. The van der Waals surface area contributed by atoms with Crippen LogP contribution in [0.5, 0.6) is 5.75 Å². The quantitative estimate of drug-likeness (QED) is 0.760. The van der Waals surface area contributed by atoms with Crippen molar-refractivity contribution in [1.29, 1.82) is 0 Å². The van der Waals surface area contributed by atoms with Crippen molar-refractivity contribution in [3.63, 3.8) is 0 Å². The number of carbonyl (C=O) groups is 1. The van der Waals surface area contributed by atoms with Crippen LogP contribution >= 0.6 is 11.3 Å². The largest absolute Gasteiger partial charge is 0.497 e. The second-order valence-corrected chi connectivity index (χ2v) is 5.66. The van der Waals surface area contributed by atoms with Gasteiger partial charge in [0.25, 0.3) is 5.91 Å². The summed E-state index contributed by atoms with van der Waals surface area (Å²) in [6.45, 7) is 0.621. The van der Waals surface area contributed by atoms with Crippen molar-refractivity contribution in [2.75, 3.05) is 13.7 Å². The summed E-state index contributed by atoms with van der Waals surface area (Å²) in [5.74, 6) is 0.827. The molecule has 0 unspecified atom stereocenters. The van der Waals surface area contributed by atoms with Crippen LogP contribution in [0.4, 0.5) is 0 Å². The van der Waals surface area contributed by atoms with E-state index in [1.165, 1.54) is 22.3 Å². The lowest BCUT2D eigenvalue weighted by Crippen LogP contribution is -2.24. The van der Waals surface area contributed by atoms with E-state index < -0.39 is 0 Å². The first-order chi connectivity index (χ1) is 10.3. The van der Waals surface area contributed by atoms with Gasteiger partial charge in [-0.2, -0.15) is 0 Å². The standard InChI is InChI=1S/C16H16N2O2S/c1-20-12-4-5-13-11(10-18-14(13)9-12)6-7-17-16(19)15-3-2-8-21-15/h2-5,8-10,18H,6-7H2,1H3,(H,17,19). The molecule has 2 heterocycles. The zero-order chi connectivity index (χ0) is 14.7. The Morgan fingerprint density at radius 3 is 3.05 bits per heavy atom. The fourth-order valence-electron chi connectivity index (χ4n) is 2.30. The highest BCUT2D eigenvalue weighted by atomic mass is 32.1.